The van der Waals surface area contributed by atoms with E-state index in [1.54, 1.807) is 30.6 Å². The molecule has 5 heteroatoms. The highest BCUT2D eigenvalue weighted by Gasteiger charge is 2.04. The Kier molecular flexibility index (Phi) is 5.17. The van der Waals surface area contributed by atoms with Gasteiger partial charge < -0.3 is 4.74 Å². The zero-order chi connectivity index (χ0) is 20.2. The van der Waals surface area contributed by atoms with Crippen LogP contribution in [0.2, 0.25) is 0 Å². The van der Waals surface area contributed by atoms with Gasteiger partial charge in [-0.1, -0.05) is 17.9 Å². The summed E-state index contributed by atoms with van der Waals surface area (Å²) in [4.78, 5) is 8.61. The van der Waals surface area contributed by atoms with Crippen molar-refractivity contribution in [2.45, 2.75) is 6.92 Å². The Balaban J connectivity index is 1.54. The van der Waals surface area contributed by atoms with Crippen LogP contribution in [-0.2, 0) is 0 Å². The third-order valence-electron chi connectivity index (χ3n) is 4.31. The summed E-state index contributed by atoms with van der Waals surface area (Å²) in [7, 11) is 0. The number of benzene rings is 3. The molecule has 142 valence electrons. The highest BCUT2D eigenvalue weighted by molar-refractivity contribution is 5.84. The molecule has 0 saturated carbocycles. The van der Waals surface area contributed by atoms with Crippen molar-refractivity contribution in [1.29, 1.82) is 0 Å². The van der Waals surface area contributed by atoms with E-state index in [0.29, 0.717) is 29.0 Å². The molecule has 0 bridgehead atoms. The summed E-state index contributed by atoms with van der Waals surface area (Å²) in [6.07, 6.45) is 3.29. The number of nitrogens with zero attached hydrogens (tertiary/aromatic N) is 2. The van der Waals surface area contributed by atoms with Gasteiger partial charge in [0.15, 0.2) is 23.2 Å². The molecule has 0 aliphatic carbocycles. The molecule has 29 heavy (non-hydrogen) atoms. The Morgan fingerprint density at radius 1 is 0.793 bits per heavy atom. The molecule has 4 rings (SSSR count). The van der Waals surface area contributed by atoms with Gasteiger partial charge in [-0.15, -0.1) is 0 Å². The Bertz CT molecular complexity index is 1220. The molecule has 3 nitrogen and oxygen atoms in total. The number of aromatic nitrogens is 2. The van der Waals surface area contributed by atoms with Crippen molar-refractivity contribution in [3.8, 4) is 29.0 Å². The molecule has 0 spiro atoms. The molecular formula is C24H16F2N2O. The molecule has 0 unspecified atom stereocenters. The van der Waals surface area contributed by atoms with Crippen molar-refractivity contribution in [3.63, 3.8) is 0 Å². The SMILES string of the molecule is CCOc1cnc(-c2ccc(C#Cc3ccc4cc(F)c(F)cc4c3)cc2)nc1. The maximum atomic E-state index is 13.4. The van der Waals surface area contributed by atoms with Crippen LogP contribution < -0.4 is 4.74 Å². The Hall–Kier alpha value is -3.78. The second-order valence-corrected chi connectivity index (χ2v) is 6.33. The first-order chi connectivity index (χ1) is 14.1. The minimum absolute atomic E-state index is 0.569. The summed E-state index contributed by atoms with van der Waals surface area (Å²) < 4.78 is 32.1. The van der Waals surface area contributed by atoms with E-state index in [2.05, 4.69) is 21.8 Å². The minimum atomic E-state index is -0.866. The predicted octanol–water partition coefficient (Wildman–Crippen LogP) is 5.37. The first-order valence-electron chi connectivity index (χ1n) is 9.08. The van der Waals surface area contributed by atoms with Crippen LogP contribution in [0.5, 0.6) is 5.75 Å². The quantitative estimate of drug-likeness (QED) is 0.444. The molecule has 0 aliphatic rings. The Morgan fingerprint density at radius 2 is 1.41 bits per heavy atom. The standard InChI is InChI=1S/C24H16F2N2O/c1-2-29-21-14-27-24(28-15-21)18-8-5-16(6-9-18)3-4-17-7-10-19-12-22(25)23(26)13-20(19)11-17/h5-15H,2H2,1H3. The summed E-state index contributed by atoms with van der Waals surface area (Å²) in [5.41, 5.74) is 2.43. The first-order valence-corrected chi connectivity index (χ1v) is 9.08. The third kappa shape index (κ3) is 4.22. The van der Waals surface area contributed by atoms with Crippen molar-refractivity contribution in [2.75, 3.05) is 6.61 Å². The Labute approximate surface area is 167 Å². The van der Waals surface area contributed by atoms with Crippen LogP contribution in [-0.4, -0.2) is 16.6 Å². The smallest absolute Gasteiger partial charge is 0.159 e. The maximum Gasteiger partial charge on any atom is 0.159 e. The van der Waals surface area contributed by atoms with E-state index in [4.69, 9.17) is 4.74 Å². The highest BCUT2D eigenvalue weighted by Crippen LogP contribution is 2.20. The summed E-state index contributed by atoms with van der Waals surface area (Å²) in [6.45, 7) is 2.47. The van der Waals surface area contributed by atoms with E-state index in [0.717, 1.165) is 16.7 Å². The number of fused-ring (bicyclic) bond motifs is 1. The summed E-state index contributed by atoms with van der Waals surface area (Å²) in [5, 5.41) is 1.24. The molecule has 4 aromatic rings. The molecule has 1 aromatic heterocycles. The van der Waals surface area contributed by atoms with E-state index < -0.39 is 11.6 Å². The van der Waals surface area contributed by atoms with Gasteiger partial charge in [-0.25, -0.2) is 18.7 Å². The highest BCUT2D eigenvalue weighted by atomic mass is 19.2. The lowest BCUT2D eigenvalue weighted by Gasteiger charge is -2.03. The fourth-order valence-corrected chi connectivity index (χ4v) is 2.87. The monoisotopic (exact) mass is 386 g/mol. The van der Waals surface area contributed by atoms with Crippen molar-refractivity contribution >= 4 is 10.8 Å². The van der Waals surface area contributed by atoms with Gasteiger partial charge >= 0.3 is 0 Å². The molecule has 1 heterocycles. The summed E-state index contributed by atoms with van der Waals surface area (Å²) >= 11 is 0. The average Bonchev–Trinajstić information content (AvgIpc) is 2.74. The molecule has 0 saturated heterocycles. The van der Waals surface area contributed by atoms with Crippen molar-refractivity contribution < 1.29 is 13.5 Å². The summed E-state index contributed by atoms with van der Waals surface area (Å²) in [5.74, 6) is 5.66. The van der Waals surface area contributed by atoms with Gasteiger partial charge in [0.2, 0.25) is 0 Å². The van der Waals surface area contributed by atoms with E-state index >= 15 is 0 Å². The lowest BCUT2D eigenvalue weighted by molar-refractivity contribution is 0.337. The first kappa shape index (κ1) is 18.6. The van der Waals surface area contributed by atoms with Gasteiger partial charge in [-0.2, -0.15) is 0 Å². The minimum Gasteiger partial charge on any atom is -0.491 e. The van der Waals surface area contributed by atoms with Crippen LogP contribution >= 0.6 is 0 Å². The van der Waals surface area contributed by atoms with Crippen molar-refractivity contribution in [3.05, 3.63) is 89.8 Å². The van der Waals surface area contributed by atoms with Crippen LogP contribution in [0.15, 0.2) is 67.0 Å². The summed E-state index contributed by atoms with van der Waals surface area (Å²) in [6, 6.07) is 15.2. The van der Waals surface area contributed by atoms with Crippen LogP contribution in [0.1, 0.15) is 18.1 Å². The number of halogens is 2. The fourth-order valence-electron chi connectivity index (χ4n) is 2.87. The van der Waals surface area contributed by atoms with Gasteiger partial charge in [0.05, 0.1) is 19.0 Å². The fraction of sp³-hybridized carbons (Fsp3) is 0.0833. The third-order valence-corrected chi connectivity index (χ3v) is 4.31. The average molecular weight is 386 g/mol. The van der Waals surface area contributed by atoms with Crippen LogP contribution in [0.3, 0.4) is 0 Å². The zero-order valence-electron chi connectivity index (χ0n) is 15.6. The van der Waals surface area contributed by atoms with Crippen LogP contribution in [0.4, 0.5) is 8.78 Å². The van der Waals surface area contributed by atoms with Crippen molar-refractivity contribution in [2.24, 2.45) is 0 Å². The van der Waals surface area contributed by atoms with Gasteiger partial charge in [0, 0.05) is 16.7 Å². The number of hydrogen-bond acceptors (Lipinski definition) is 3. The second kappa shape index (κ2) is 8.07. The molecular weight excluding hydrogens is 370 g/mol. The predicted molar refractivity (Wildman–Crippen MR) is 108 cm³/mol. The molecule has 0 atom stereocenters. The molecule has 3 aromatic carbocycles. The zero-order valence-corrected chi connectivity index (χ0v) is 15.6. The maximum absolute atomic E-state index is 13.4. The van der Waals surface area contributed by atoms with E-state index in [1.165, 1.54) is 12.1 Å². The topological polar surface area (TPSA) is 35.0 Å². The van der Waals surface area contributed by atoms with Gasteiger partial charge in [-0.05, 0) is 66.2 Å². The van der Waals surface area contributed by atoms with Crippen LogP contribution in [0, 0.1) is 23.5 Å². The number of rotatable bonds is 3. The molecule has 0 fully saturated rings. The van der Waals surface area contributed by atoms with Gasteiger partial charge in [0.25, 0.3) is 0 Å². The largest absolute Gasteiger partial charge is 0.491 e. The normalized spacial score (nSPS) is 10.4. The number of hydrogen-bond donors (Lipinski definition) is 0. The second-order valence-electron chi connectivity index (χ2n) is 6.33. The van der Waals surface area contributed by atoms with Gasteiger partial charge in [-0.3, -0.25) is 0 Å². The van der Waals surface area contributed by atoms with E-state index in [1.807, 2.05) is 31.2 Å². The Morgan fingerprint density at radius 3 is 2.10 bits per heavy atom. The van der Waals surface area contributed by atoms with Crippen LogP contribution in [0.25, 0.3) is 22.2 Å². The van der Waals surface area contributed by atoms with Gasteiger partial charge in [0.1, 0.15) is 0 Å². The van der Waals surface area contributed by atoms with E-state index in [-0.39, 0.29) is 0 Å². The van der Waals surface area contributed by atoms with E-state index in [9.17, 15) is 8.78 Å². The lowest BCUT2D eigenvalue weighted by atomic mass is 10.1. The number of ether oxygens (including phenoxy) is 1. The lowest BCUT2D eigenvalue weighted by Crippen LogP contribution is -1.94. The molecule has 0 radical (unpaired) electrons. The molecule has 0 aliphatic heterocycles. The molecule has 0 N–H and O–H groups in total. The molecule has 0 amide bonds. The van der Waals surface area contributed by atoms with Crippen molar-refractivity contribution in [1.82, 2.24) is 9.97 Å².